The van der Waals surface area contributed by atoms with Crippen LogP contribution in [0.4, 0.5) is 0 Å². The van der Waals surface area contributed by atoms with E-state index in [-0.39, 0.29) is 30.2 Å². The molecule has 5 nitrogen and oxygen atoms in total. The highest BCUT2D eigenvalue weighted by atomic mass is 32.1. The van der Waals surface area contributed by atoms with E-state index in [0.717, 1.165) is 35.5 Å². The normalized spacial score (nSPS) is 17.8. The van der Waals surface area contributed by atoms with Crippen molar-refractivity contribution in [3.05, 3.63) is 65.2 Å². The summed E-state index contributed by atoms with van der Waals surface area (Å²) in [4.78, 5) is 31.5. The van der Waals surface area contributed by atoms with E-state index >= 15 is 0 Å². The lowest BCUT2D eigenvalue weighted by Gasteiger charge is -2.33. The van der Waals surface area contributed by atoms with Gasteiger partial charge in [-0.2, -0.15) is 0 Å². The average molecular weight is 408 g/mol. The van der Waals surface area contributed by atoms with Gasteiger partial charge in [-0.3, -0.25) is 9.59 Å². The molecule has 6 heteroatoms. The number of nitrogens with one attached hydrogen (secondary N) is 1. The zero-order valence-corrected chi connectivity index (χ0v) is 17.3. The number of benzene rings is 2. The van der Waals surface area contributed by atoms with Gasteiger partial charge in [-0.1, -0.05) is 42.5 Å². The molecule has 2 aromatic carbocycles. The fraction of sp³-hybridized carbons (Fsp3) is 0.348. The van der Waals surface area contributed by atoms with Gasteiger partial charge in [0.15, 0.2) is 0 Å². The van der Waals surface area contributed by atoms with Crippen LogP contribution < -0.4 is 5.32 Å². The van der Waals surface area contributed by atoms with Crippen molar-refractivity contribution in [2.24, 2.45) is 0 Å². The molecule has 0 radical (unpaired) electrons. The molecule has 1 N–H and O–H groups in total. The van der Waals surface area contributed by atoms with Crippen LogP contribution in [0.2, 0.25) is 0 Å². The number of aromatic nitrogens is 1. The highest BCUT2D eigenvalue weighted by molar-refractivity contribution is 7.18. The van der Waals surface area contributed by atoms with Crippen LogP contribution >= 0.6 is 11.3 Å². The van der Waals surface area contributed by atoms with E-state index in [4.69, 9.17) is 4.98 Å². The predicted octanol–water partition coefficient (Wildman–Crippen LogP) is 4.27. The Balaban J connectivity index is 1.46. The highest BCUT2D eigenvalue weighted by Gasteiger charge is 2.28. The Morgan fingerprint density at radius 3 is 2.69 bits per heavy atom. The third-order valence-corrected chi connectivity index (χ3v) is 6.59. The van der Waals surface area contributed by atoms with E-state index < -0.39 is 0 Å². The number of likely N-dealkylation sites (tertiary alicyclic amines) is 1. The topological polar surface area (TPSA) is 62.3 Å². The van der Waals surface area contributed by atoms with Gasteiger partial charge in [0.2, 0.25) is 11.8 Å². The van der Waals surface area contributed by atoms with E-state index in [2.05, 4.69) is 11.4 Å². The molecule has 2 heterocycles. The summed E-state index contributed by atoms with van der Waals surface area (Å²) in [7, 11) is 0. The molecule has 0 bridgehead atoms. The highest BCUT2D eigenvalue weighted by Crippen LogP contribution is 2.33. The first-order chi connectivity index (χ1) is 14.1. The van der Waals surface area contributed by atoms with Crippen LogP contribution in [0.15, 0.2) is 54.6 Å². The maximum Gasteiger partial charge on any atom is 0.225 e. The molecule has 0 unspecified atom stereocenters. The number of hydrogen-bond donors (Lipinski definition) is 1. The van der Waals surface area contributed by atoms with Gasteiger partial charge >= 0.3 is 0 Å². The Bertz CT molecular complexity index is 969. The average Bonchev–Trinajstić information content (AvgIpc) is 3.18. The number of carbonyl (C=O) groups excluding carboxylic acids is 2. The molecule has 150 valence electrons. The van der Waals surface area contributed by atoms with E-state index in [1.807, 2.05) is 53.4 Å². The predicted molar refractivity (Wildman–Crippen MR) is 116 cm³/mol. The minimum atomic E-state index is -0.302. The third kappa shape index (κ3) is 4.65. The van der Waals surface area contributed by atoms with Crippen molar-refractivity contribution in [3.8, 4) is 0 Å². The third-order valence-electron chi connectivity index (χ3n) is 5.39. The first-order valence-corrected chi connectivity index (χ1v) is 10.9. The molecule has 4 rings (SSSR count). The summed E-state index contributed by atoms with van der Waals surface area (Å²) in [6.07, 6.45) is 2.30. The lowest BCUT2D eigenvalue weighted by Crippen LogP contribution is -2.41. The van der Waals surface area contributed by atoms with Crippen LogP contribution in [0.5, 0.6) is 0 Å². The Hall–Kier alpha value is -2.73. The second kappa shape index (κ2) is 8.74. The van der Waals surface area contributed by atoms with Crippen LogP contribution in [0.25, 0.3) is 10.2 Å². The number of piperidine rings is 1. The summed E-state index contributed by atoms with van der Waals surface area (Å²) in [5.41, 5.74) is 1.99. The largest absolute Gasteiger partial charge is 0.349 e. The van der Waals surface area contributed by atoms with Gasteiger partial charge in [-0.25, -0.2) is 4.98 Å². The van der Waals surface area contributed by atoms with E-state index in [1.54, 1.807) is 11.3 Å². The maximum atomic E-state index is 13.1. The number of hydrogen-bond acceptors (Lipinski definition) is 4. The number of amides is 2. The Morgan fingerprint density at radius 2 is 1.93 bits per heavy atom. The van der Waals surface area contributed by atoms with Crippen molar-refractivity contribution < 1.29 is 9.59 Å². The van der Waals surface area contributed by atoms with Gasteiger partial charge in [0.05, 0.1) is 27.7 Å². The van der Waals surface area contributed by atoms with Gasteiger partial charge in [0.1, 0.15) is 0 Å². The summed E-state index contributed by atoms with van der Waals surface area (Å²) in [6, 6.07) is 17.6. The molecule has 1 fully saturated rings. The van der Waals surface area contributed by atoms with Crippen molar-refractivity contribution in [3.63, 3.8) is 0 Å². The van der Waals surface area contributed by atoms with Crippen molar-refractivity contribution in [2.45, 2.75) is 38.1 Å². The molecule has 1 aliphatic rings. The van der Waals surface area contributed by atoms with Crippen LogP contribution in [0, 0.1) is 0 Å². The van der Waals surface area contributed by atoms with Crippen molar-refractivity contribution in [1.82, 2.24) is 15.2 Å². The van der Waals surface area contributed by atoms with Crippen molar-refractivity contribution in [1.29, 1.82) is 0 Å². The molecular weight excluding hydrogens is 382 g/mol. The SMILES string of the molecule is CC(=O)N[C@@H](CC(=O)N1CCC[C@@H](c2nc3ccccc3s2)C1)c1ccccc1. The molecule has 29 heavy (non-hydrogen) atoms. The molecule has 1 saturated heterocycles. The second-order valence-corrected chi connectivity index (χ2v) is 8.63. The quantitative estimate of drug-likeness (QED) is 0.687. The summed E-state index contributed by atoms with van der Waals surface area (Å²) in [5.74, 6) is 0.233. The summed E-state index contributed by atoms with van der Waals surface area (Å²) >= 11 is 1.73. The Kier molecular flexibility index (Phi) is 5.90. The second-order valence-electron chi connectivity index (χ2n) is 7.57. The molecule has 3 aromatic rings. The molecule has 0 spiro atoms. The van der Waals surface area contributed by atoms with Crippen LogP contribution in [-0.4, -0.2) is 34.8 Å². The Morgan fingerprint density at radius 1 is 1.17 bits per heavy atom. The summed E-state index contributed by atoms with van der Waals surface area (Å²) < 4.78 is 1.20. The summed E-state index contributed by atoms with van der Waals surface area (Å²) in [6.45, 7) is 2.95. The van der Waals surface area contributed by atoms with E-state index in [1.165, 1.54) is 11.6 Å². The lowest BCUT2D eigenvalue weighted by molar-refractivity contribution is -0.133. The van der Waals surface area contributed by atoms with Gasteiger partial charge in [-0.05, 0) is 30.5 Å². The van der Waals surface area contributed by atoms with E-state index in [9.17, 15) is 9.59 Å². The van der Waals surface area contributed by atoms with Gasteiger partial charge in [-0.15, -0.1) is 11.3 Å². The van der Waals surface area contributed by atoms with Crippen molar-refractivity contribution >= 4 is 33.4 Å². The standard InChI is InChI=1S/C23H25N3O2S/c1-16(27)24-20(17-8-3-2-4-9-17)14-22(28)26-13-7-10-18(15-26)23-25-19-11-5-6-12-21(19)29-23/h2-6,8-9,11-12,18,20H,7,10,13-15H2,1H3,(H,24,27)/t18-,20+/m1/s1. The molecule has 0 saturated carbocycles. The smallest absolute Gasteiger partial charge is 0.225 e. The molecule has 2 amide bonds. The number of nitrogens with zero attached hydrogens (tertiary/aromatic N) is 2. The van der Waals surface area contributed by atoms with Gasteiger partial charge in [0.25, 0.3) is 0 Å². The number of fused-ring (bicyclic) bond motifs is 1. The zero-order valence-electron chi connectivity index (χ0n) is 16.5. The van der Waals surface area contributed by atoms with Crippen LogP contribution in [0.3, 0.4) is 0 Å². The molecular formula is C23H25N3O2S. The van der Waals surface area contributed by atoms with Crippen LogP contribution in [0.1, 0.15) is 48.7 Å². The zero-order chi connectivity index (χ0) is 20.2. The molecule has 1 aromatic heterocycles. The number of thiazole rings is 1. The summed E-state index contributed by atoms with van der Waals surface area (Å²) in [5, 5.41) is 4.05. The van der Waals surface area contributed by atoms with Crippen molar-refractivity contribution in [2.75, 3.05) is 13.1 Å². The Labute approximate surface area is 174 Å². The molecule has 2 atom stereocenters. The molecule has 0 aliphatic carbocycles. The monoisotopic (exact) mass is 407 g/mol. The lowest BCUT2D eigenvalue weighted by atomic mass is 9.97. The van der Waals surface area contributed by atoms with Crippen LogP contribution in [-0.2, 0) is 9.59 Å². The van der Waals surface area contributed by atoms with Gasteiger partial charge in [0, 0.05) is 25.9 Å². The molecule has 1 aliphatic heterocycles. The number of rotatable bonds is 5. The number of para-hydroxylation sites is 1. The first-order valence-electron chi connectivity index (χ1n) is 10.1. The fourth-order valence-electron chi connectivity index (χ4n) is 3.96. The number of carbonyl (C=O) groups is 2. The minimum Gasteiger partial charge on any atom is -0.349 e. The fourth-order valence-corrected chi connectivity index (χ4v) is 5.05. The van der Waals surface area contributed by atoms with Gasteiger partial charge < -0.3 is 10.2 Å². The van der Waals surface area contributed by atoms with E-state index in [0.29, 0.717) is 6.54 Å². The maximum absolute atomic E-state index is 13.1. The first kappa shape index (κ1) is 19.6. The minimum absolute atomic E-state index is 0.0819.